The number of hydrogen-bond donors (Lipinski definition) is 3. The third-order valence-electron chi connectivity index (χ3n) is 2.08. The van der Waals surface area contributed by atoms with Crippen molar-refractivity contribution in [1.82, 2.24) is 10.3 Å². The van der Waals surface area contributed by atoms with Crippen molar-refractivity contribution in [3.63, 3.8) is 0 Å². The summed E-state index contributed by atoms with van der Waals surface area (Å²) in [6, 6.07) is 3.99. The molecule has 0 radical (unpaired) electrons. The Morgan fingerprint density at radius 2 is 2.07 bits per heavy atom. The highest BCUT2D eigenvalue weighted by Gasteiger charge is 2.06. The fourth-order valence-electron chi connectivity index (χ4n) is 1.15. The summed E-state index contributed by atoms with van der Waals surface area (Å²) in [6.07, 6.45) is 2.77. The maximum absolute atomic E-state index is 9.13. The van der Waals surface area contributed by atoms with E-state index in [0.29, 0.717) is 6.54 Å². The van der Waals surface area contributed by atoms with Crippen LogP contribution in [0.3, 0.4) is 0 Å². The number of nitrogens with one attached hydrogen (secondary N) is 1. The lowest BCUT2D eigenvalue weighted by molar-refractivity contribution is 0.0924. The first-order valence-corrected chi connectivity index (χ1v) is 4.66. The van der Waals surface area contributed by atoms with Crippen molar-refractivity contribution < 1.29 is 10.2 Å². The Labute approximate surface area is 83.6 Å². The van der Waals surface area contributed by atoms with E-state index in [4.69, 9.17) is 10.2 Å². The molecule has 1 heterocycles. The summed E-state index contributed by atoms with van der Waals surface area (Å²) in [4.78, 5) is 3.92. The molecule has 1 rings (SSSR count). The van der Waals surface area contributed by atoms with Crippen LogP contribution in [-0.4, -0.2) is 34.5 Å². The van der Waals surface area contributed by atoms with Crippen molar-refractivity contribution in [2.75, 3.05) is 13.2 Å². The number of aliphatic hydroxyl groups is 2. The molecule has 1 aromatic heterocycles. The molecule has 2 atom stereocenters. The number of rotatable bonds is 5. The van der Waals surface area contributed by atoms with Crippen LogP contribution in [0.2, 0.25) is 0 Å². The molecule has 1 unspecified atom stereocenters. The predicted molar refractivity (Wildman–Crippen MR) is 53.7 cm³/mol. The molecule has 0 aromatic carbocycles. The van der Waals surface area contributed by atoms with E-state index in [-0.39, 0.29) is 12.6 Å². The van der Waals surface area contributed by atoms with E-state index in [9.17, 15) is 0 Å². The fraction of sp³-hybridized carbons (Fsp3) is 0.500. The van der Waals surface area contributed by atoms with Crippen LogP contribution in [0.15, 0.2) is 24.5 Å². The second kappa shape index (κ2) is 5.70. The van der Waals surface area contributed by atoms with E-state index in [1.54, 1.807) is 12.4 Å². The third kappa shape index (κ3) is 3.41. The Bertz CT molecular complexity index is 254. The van der Waals surface area contributed by atoms with Gasteiger partial charge in [0, 0.05) is 25.0 Å². The van der Waals surface area contributed by atoms with Crippen LogP contribution in [0, 0.1) is 0 Å². The van der Waals surface area contributed by atoms with Gasteiger partial charge in [-0.15, -0.1) is 0 Å². The molecule has 78 valence electrons. The minimum absolute atomic E-state index is 0.152. The van der Waals surface area contributed by atoms with E-state index in [0.717, 1.165) is 5.56 Å². The third-order valence-corrected chi connectivity index (χ3v) is 2.08. The van der Waals surface area contributed by atoms with Gasteiger partial charge in [-0.2, -0.15) is 0 Å². The van der Waals surface area contributed by atoms with Crippen LogP contribution in [-0.2, 0) is 0 Å². The lowest BCUT2D eigenvalue weighted by atomic mass is 10.1. The summed E-state index contributed by atoms with van der Waals surface area (Å²) in [5, 5.41) is 20.9. The zero-order valence-electron chi connectivity index (χ0n) is 8.22. The van der Waals surface area contributed by atoms with Gasteiger partial charge in [-0.3, -0.25) is 4.98 Å². The fourth-order valence-corrected chi connectivity index (χ4v) is 1.15. The number of pyridine rings is 1. The van der Waals surface area contributed by atoms with Crippen molar-refractivity contribution in [2.24, 2.45) is 0 Å². The molecule has 0 saturated heterocycles. The molecule has 0 bridgehead atoms. The summed E-state index contributed by atoms with van der Waals surface area (Å²) in [5.74, 6) is 0. The van der Waals surface area contributed by atoms with Crippen LogP contribution in [0.4, 0.5) is 0 Å². The number of hydrogen-bond acceptors (Lipinski definition) is 4. The highest BCUT2D eigenvalue weighted by atomic mass is 16.3. The zero-order chi connectivity index (χ0) is 10.4. The van der Waals surface area contributed by atoms with Gasteiger partial charge >= 0.3 is 0 Å². The van der Waals surface area contributed by atoms with E-state index < -0.39 is 6.10 Å². The molecule has 0 aliphatic heterocycles. The van der Waals surface area contributed by atoms with Gasteiger partial charge in [-0.1, -0.05) is 0 Å². The smallest absolute Gasteiger partial charge is 0.0895 e. The predicted octanol–water partition coefficient (Wildman–Crippen LogP) is 0.0854. The molecule has 0 amide bonds. The molecule has 1 aromatic rings. The quantitative estimate of drug-likeness (QED) is 0.624. The molecule has 0 aliphatic rings. The van der Waals surface area contributed by atoms with Crippen LogP contribution < -0.4 is 5.32 Å². The van der Waals surface area contributed by atoms with Gasteiger partial charge in [0.1, 0.15) is 0 Å². The zero-order valence-corrected chi connectivity index (χ0v) is 8.22. The summed E-state index contributed by atoms with van der Waals surface area (Å²) < 4.78 is 0. The monoisotopic (exact) mass is 196 g/mol. The van der Waals surface area contributed by atoms with E-state index in [1.807, 2.05) is 19.1 Å². The Balaban J connectivity index is 2.39. The molecule has 0 fully saturated rings. The highest BCUT2D eigenvalue weighted by Crippen LogP contribution is 2.09. The molecule has 4 nitrogen and oxygen atoms in total. The van der Waals surface area contributed by atoms with Crippen LogP contribution in [0.5, 0.6) is 0 Å². The summed E-state index contributed by atoms with van der Waals surface area (Å²) in [7, 11) is 0. The van der Waals surface area contributed by atoms with Crippen molar-refractivity contribution >= 4 is 0 Å². The first-order valence-electron chi connectivity index (χ1n) is 4.66. The second-order valence-corrected chi connectivity index (χ2v) is 3.25. The Kier molecular flexibility index (Phi) is 4.52. The average Bonchev–Trinajstić information content (AvgIpc) is 2.26. The highest BCUT2D eigenvalue weighted by molar-refractivity contribution is 5.13. The van der Waals surface area contributed by atoms with Crippen LogP contribution >= 0.6 is 0 Å². The minimum Gasteiger partial charge on any atom is -0.394 e. The Morgan fingerprint density at radius 1 is 1.43 bits per heavy atom. The molecule has 4 heteroatoms. The Hall–Kier alpha value is -0.970. The van der Waals surface area contributed by atoms with E-state index in [2.05, 4.69) is 10.3 Å². The average molecular weight is 196 g/mol. The summed E-state index contributed by atoms with van der Waals surface area (Å²) in [5.41, 5.74) is 1.12. The van der Waals surface area contributed by atoms with Crippen LogP contribution in [0.25, 0.3) is 0 Å². The number of nitrogens with zero attached hydrogens (tertiary/aromatic N) is 1. The molecular formula is C10H16N2O2. The maximum atomic E-state index is 9.13. The van der Waals surface area contributed by atoms with E-state index in [1.165, 1.54) is 0 Å². The van der Waals surface area contributed by atoms with Crippen molar-refractivity contribution in [1.29, 1.82) is 0 Å². The van der Waals surface area contributed by atoms with Gasteiger partial charge < -0.3 is 15.5 Å². The molecule has 3 N–H and O–H groups in total. The van der Waals surface area contributed by atoms with Gasteiger partial charge in [-0.25, -0.2) is 0 Å². The molecular weight excluding hydrogens is 180 g/mol. The summed E-state index contributed by atoms with van der Waals surface area (Å²) in [6.45, 7) is 2.18. The minimum atomic E-state index is -0.695. The first-order chi connectivity index (χ1) is 6.74. The summed E-state index contributed by atoms with van der Waals surface area (Å²) >= 11 is 0. The SMILES string of the molecule is C[C@H](NCC(O)CO)c1ccncc1. The first kappa shape index (κ1) is 11.1. The number of aliphatic hydroxyl groups excluding tert-OH is 2. The molecule has 0 spiro atoms. The van der Waals surface area contributed by atoms with Gasteiger partial charge in [0.2, 0.25) is 0 Å². The van der Waals surface area contributed by atoms with Gasteiger partial charge in [0.15, 0.2) is 0 Å². The van der Waals surface area contributed by atoms with Crippen molar-refractivity contribution in [3.05, 3.63) is 30.1 Å². The number of aromatic nitrogens is 1. The Morgan fingerprint density at radius 3 is 2.64 bits per heavy atom. The molecule has 14 heavy (non-hydrogen) atoms. The van der Waals surface area contributed by atoms with E-state index >= 15 is 0 Å². The topological polar surface area (TPSA) is 65.4 Å². The normalized spacial score (nSPS) is 15.1. The molecule has 0 aliphatic carbocycles. The van der Waals surface area contributed by atoms with Crippen molar-refractivity contribution in [3.8, 4) is 0 Å². The lowest BCUT2D eigenvalue weighted by Crippen LogP contribution is -2.31. The van der Waals surface area contributed by atoms with Crippen LogP contribution in [0.1, 0.15) is 18.5 Å². The standard InChI is InChI=1S/C10H16N2O2/c1-8(12-6-10(14)7-13)9-2-4-11-5-3-9/h2-5,8,10,12-14H,6-7H2,1H3/t8-,10?/m0/s1. The second-order valence-electron chi connectivity index (χ2n) is 3.25. The lowest BCUT2D eigenvalue weighted by Gasteiger charge is -2.15. The van der Waals surface area contributed by atoms with Gasteiger partial charge in [0.25, 0.3) is 0 Å². The van der Waals surface area contributed by atoms with Gasteiger partial charge in [0.05, 0.1) is 12.7 Å². The maximum Gasteiger partial charge on any atom is 0.0895 e. The largest absolute Gasteiger partial charge is 0.394 e. The van der Waals surface area contributed by atoms with Gasteiger partial charge in [-0.05, 0) is 24.6 Å². The molecule has 0 saturated carbocycles. The van der Waals surface area contributed by atoms with Crippen molar-refractivity contribution in [2.45, 2.75) is 19.1 Å².